The molecular formula is C15H19BrN4O. The predicted molar refractivity (Wildman–Crippen MR) is 87.8 cm³/mol. The molecule has 0 fully saturated rings. The second-order valence-electron chi connectivity index (χ2n) is 4.94. The lowest BCUT2D eigenvalue weighted by atomic mass is 10.2. The minimum Gasteiger partial charge on any atom is -0.370 e. The maximum absolute atomic E-state index is 12.1. The van der Waals surface area contributed by atoms with Gasteiger partial charge in [0.15, 0.2) is 0 Å². The third-order valence-corrected chi connectivity index (χ3v) is 4.40. The van der Waals surface area contributed by atoms with E-state index in [0.29, 0.717) is 12.2 Å². The molecule has 112 valence electrons. The summed E-state index contributed by atoms with van der Waals surface area (Å²) < 4.78 is 2.54. The lowest BCUT2D eigenvalue weighted by Crippen LogP contribution is -2.27. The molecule has 0 saturated heterocycles. The quantitative estimate of drug-likeness (QED) is 0.900. The van der Waals surface area contributed by atoms with Crippen molar-refractivity contribution >= 4 is 21.7 Å². The molecule has 0 atom stereocenters. The van der Waals surface area contributed by atoms with E-state index < -0.39 is 0 Å². The molecule has 2 rings (SSSR count). The number of nitrogens with one attached hydrogen (secondary N) is 1. The molecule has 5 nitrogen and oxygen atoms in total. The Morgan fingerprint density at radius 2 is 2.14 bits per heavy atom. The summed E-state index contributed by atoms with van der Waals surface area (Å²) in [4.78, 5) is 20.4. The Labute approximate surface area is 132 Å². The predicted octanol–water partition coefficient (Wildman–Crippen LogP) is 2.89. The largest absolute Gasteiger partial charge is 0.370 e. The first-order chi connectivity index (χ1) is 10.0. The molecule has 0 amide bonds. The Bertz CT molecular complexity index is 697. The zero-order chi connectivity index (χ0) is 15.4. The highest BCUT2D eigenvalue weighted by molar-refractivity contribution is 9.10. The van der Waals surface area contributed by atoms with E-state index in [-0.39, 0.29) is 5.69 Å². The highest BCUT2D eigenvalue weighted by Gasteiger charge is 2.10. The summed E-state index contributed by atoms with van der Waals surface area (Å²) >= 11 is 3.48. The van der Waals surface area contributed by atoms with Crippen LogP contribution in [0.1, 0.15) is 30.3 Å². The first-order valence-corrected chi connectivity index (χ1v) is 7.74. The van der Waals surface area contributed by atoms with Gasteiger partial charge in [-0.3, -0.25) is 4.57 Å². The Morgan fingerprint density at radius 1 is 1.38 bits per heavy atom. The molecule has 0 aliphatic carbocycles. The van der Waals surface area contributed by atoms with Crippen LogP contribution in [0, 0.1) is 13.8 Å². The molecule has 0 unspecified atom stereocenters. The van der Waals surface area contributed by atoms with Crippen molar-refractivity contribution in [2.75, 3.05) is 11.9 Å². The van der Waals surface area contributed by atoms with Gasteiger partial charge in [-0.2, -0.15) is 4.98 Å². The van der Waals surface area contributed by atoms with Crippen molar-refractivity contribution in [1.82, 2.24) is 14.5 Å². The lowest BCUT2D eigenvalue weighted by molar-refractivity contribution is 0.688. The van der Waals surface area contributed by atoms with E-state index in [1.807, 2.05) is 26.0 Å². The third-order valence-electron chi connectivity index (χ3n) is 3.26. The second-order valence-corrected chi connectivity index (χ2v) is 5.73. The first kappa shape index (κ1) is 15.7. The SMILES string of the molecule is CCCNc1cc(Cn2c(C)c(Br)c(C)nc2=O)ccn1. The molecule has 0 aliphatic heterocycles. The Hall–Kier alpha value is -1.69. The maximum Gasteiger partial charge on any atom is 0.348 e. The molecule has 0 saturated carbocycles. The van der Waals surface area contributed by atoms with Gasteiger partial charge in [0.2, 0.25) is 0 Å². The van der Waals surface area contributed by atoms with Crippen LogP contribution in [-0.2, 0) is 6.54 Å². The molecule has 2 aromatic rings. The van der Waals surface area contributed by atoms with Crippen molar-refractivity contribution in [2.24, 2.45) is 0 Å². The zero-order valence-electron chi connectivity index (χ0n) is 12.5. The maximum atomic E-state index is 12.1. The van der Waals surface area contributed by atoms with Gasteiger partial charge < -0.3 is 5.32 Å². The molecule has 0 aromatic carbocycles. The van der Waals surface area contributed by atoms with Gasteiger partial charge in [0, 0.05) is 18.4 Å². The molecule has 6 heteroatoms. The summed E-state index contributed by atoms with van der Waals surface area (Å²) in [6, 6.07) is 3.88. The summed E-state index contributed by atoms with van der Waals surface area (Å²) in [6.07, 6.45) is 2.80. The van der Waals surface area contributed by atoms with E-state index in [1.54, 1.807) is 10.8 Å². The molecular weight excluding hydrogens is 332 g/mol. The second kappa shape index (κ2) is 6.85. The fourth-order valence-corrected chi connectivity index (χ4v) is 2.37. The molecule has 0 spiro atoms. The minimum absolute atomic E-state index is 0.229. The average molecular weight is 351 g/mol. The summed E-state index contributed by atoms with van der Waals surface area (Å²) in [5.74, 6) is 0.833. The normalized spacial score (nSPS) is 10.7. The molecule has 0 radical (unpaired) electrons. The van der Waals surface area contributed by atoms with Crippen LogP contribution < -0.4 is 11.0 Å². The number of halogens is 1. The van der Waals surface area contributed by atoms with Crippen molar-refractivity contribution in [3.63, 3.8) is 0 Å². The Kier molecular flexibility index (Phi) is 5.12. The van der Waals surface area contributed by atoms with E-state index in [0.717, 1.165) is 34.5 Å². The highest BCUT2D eigenvalue weighted by atomic mass is 79.9. The van der Waals surface area contributed by atoms with E-state index in [1.165, 1.54) is 0 Å². The number of pyridine rings is 1. The van der Waals surface area contributed by atoms with Gasteiger partial charge in [-0.1, -0.05) is 6.92 Å². The number of anilines is 1. The third kappa shape index (κ3) is 3.69. The monoisotopic (exact) mass is 350 g/mol. The van der Waals surface area contributed by atoms with Crippen molar-refractivity contribution < 1.29 is 0 Å². The van der Waals surface area contributed by atoms with Crippen LogP contribution in [-0.4, -0.2) is 21.1 Å². The van der Waals surface area contributed by atoms with Crippen LogP contribution in [0.15, 0.2) is 27.6 Å². The number of hydrogen-bond acceptors (Lipinski definition) is 4. The van der Waals surface area contributed by atoms with Crippen molar-refractivity contribution in [3.05, 3.63) is 50.2 Å². The smallest absolute Gasteiger partial charge is 0.348 e. The summed E-state index contributed by atoms with van der Waals surface area (Å²) in [7, 11) is 0. The summed E-state index contributed by atoms with van der Waals surface area (Å²) in [5.41, 5.74) is 2.39. The van der Waals surface area contributed by atoms with Crippen LogP contribution in [0.25, 0.3) is 0 Å². The highest BCUT2D eigenvalue weighted by Crippen LogP contribution is 2.18. The topological polar surface area (TPSA) is 59.8 Å². The number of aryl methyl sites for hydroxylation is 1. The van der Waals surface area contributed by atoms with Crippen LogP contribution in [0.4, 0.5) is 5.82 Å². The van der Waals surface area contributed by atoms with Gasteiger partial charge in [0.05, 0.1) is 16.7 Å². The average Bonchev–Trinajstić information content (AvgIpc) is 2.48. The first-order valence-electron chi connectivity index (χ1n) is 6.95. The number of hydrogen-bond donors (Lipinski definition) is 1. The molecule has 21 heavy (non-hydrogen) atoms. The van der Waals surface area contributed by atoms with Gasteiger partial charge in [0.25, 0.3) is 0 Å². The number of aromatic nitrogens is 3. The van der Waals surface area contributed by atoms with Gasteiger partial charge in [-0.05, 0) is 53.9 Å². The van der Waals surface area contributed by atoms with E-state index in [2.05, 4.69) is 38.1 Å². The van der Waals surface area contributed by atoms with Gasteiger partial charge in [-0.25, -0.2) is 9.78 Å². The van der Waals surface area contributed by atoms with E-state index in [4.69, 9.17) is 0 Å². The summed E-state index contributed by atoms with van der Waals surface area (Å²) in [6.45, 7) is 7.21. The van der Waals surface area contributed by atoms with E-state index >= 15 is 0 Å². The molecule has 0 aliphatic rings. The zero-order valence-corrected chi connectivity index (χ0v) is 14.1. The Morgan fingerprint density at radius 3 is 2.86 bits per heavy atom. The van der Waals surface area contributed by atoms with Gasteiger partial charge >= 0.3 is 5.69 Å². The Balaban J connectivity index is 2.30. The molecule has 1 N–H and O–H groups in total. The fraction of sp³-hybridized carbons (Fsp3) is 0.400. The molecule has 0 bridgehead atoms. The number of nitrogens with zero attached hydrogens (tertiary/aromatic N) is 3. The van der Waals surface area contributed by atoms with Gasteiger partial charge in [0.1, 0.15) is 5.82 Å². The standard InChI is InChI=1S/C15H19BrN4O/c1-4-6-17-13-8-12(5-7-18-13)9-20-11(3)14(16)10(2)19-15(20)21/h5,7-8H,4,6,9H2,1-3H3,(H,17,18). The lowest BCUT2D eigenvalue weighted by Gasteiger charge is -2.13. The van der Waals surface area contributed by atoms with Crippen LogP contribution >= 0.6 is 15.9 Å². The van der Waals surface area contributed by atoms with E-state index in [9.17, 15) is 4.79 Å². The van der Waals surface area contributed by atoms with Crippen LogP contribution in [0.2, 0.25) is 0 Å². The van der Waals surface area contributed by atoms with Crippen molar-refractivity contribution in [2.45, 2.75) is 33.7 Å². The fourth-order valence-electron chi connectivity index (χ4n) is 2.07. The number of rotatable bonds is 5. The van der Waals surface area contributed by atoms with Crippen molar-refractivity contribution in [3.8, 4) is 0 Å². The van der Waals surface area contributed by atoms with Gasteiger partial charge in [-0.15, -0.1) is 0 Å². The molecule has 2 aromatic heterocycles. The summed E-state index contributed by atoms with van der Waals surface area (Å²) in [5, 5.41) is 3.25. The van der Waals surface area contributed by atoms with Crippen LogP contribution in [0.5, 0.6) is 0 Å². The molecule has 2 heterocycles. The minimum atomic E-state index is -0.229. The van der Waals surface area contributed by atoms with Crippen molar-refractivity contribution in [1.29, 1.82) is 0 Å². The van der Waals surface area contributed by atoms with Crippen LogP contribution in [0.3, 0.4) is 0 Å².